The number of ether oxygens (including phenoxy) is 1. The Morgan fingerprint density at radius 2 is 1.97 bits per heavy atom. The number of carbonyl (C=O) groups is 1. The van der Waals surface area contributed by atoms with Crippen LogP contribution in [-0.4, -0.2) is 59.0 Å². The predicted octanol–water partition coefficient (Wildman–Crippen LogP) is 4.10. The second-order valence-electron chi connectivity index (χ2n) is 8.07. The molecule has 1 aromatic carbocycles. The van der Waals surface area contributed by atoms with Crippen molar-refractivity contribution in [2.24, 2.45) is 0 Å². The molecule has 1 saturated heterocycles. The third kappa shape index (κ3) is 3.74. The lowest BCUT2D eigenvalue weighted by Crippen LogP contribution is -2.46. The van der Waals surface area contributed by atoms with Crippen molar-refractivity contribution in [3.8, 4) is 0 Å². The van der Waals surface area contributed by atoms with Crippen LogP contribution in [-0.2, 0) is 4.74 Å². The summed E-state index contributed by atoms with van der Waals surface area (Å²) in [6.45, 7) is 5.47. The second kappa shape index (κ2) is 7.97. The highest BCUT2D eigenvalue weighted by molar-refractivity contribution is 7.25. The minimum Gasteiger partial charge on any atom is -0.379 e. The standard InChI is InChI=1S/C22H26N4O2S/c1-14(27)15-2-7-19-18(12-15)20-21(23-13-24-22(20)29-19)25-16-3-5-17(6-4-16)26-8-10-28-11-9-26/h2,7,12-13,16-17H,3-6,8-11H2,1H3,(H,23,24,25). The number of thiophene rings is 1. The number of nitrogens with one attached hydrogen (secondary N) is 1. The van der Waals surface area contributed by atoms with Gasteiger partial charge in [-0.3, -0.25) is 9.69 Å². The number of rotatable bonds is 4. The van der Waals surface area contributed by atoms with Crippen molar-refractivity contribution in [3.05, 3.63) is 30.1 Å². The summed E-state index contributed by atoms with van der Waals surface area (Å²) in [5.41, 5.74) is 0.734. The number of Topliss-reactive ketones (excluding diaryl/α,β-unsaturated/α-hetero) is 1. The van der Waals surface area contributed by atoms with E-state index in [-0.39, 0.29) is 5.78 Å². The number of fused-ring (bicyclic) bond motifs is 3. The Morgan fingerprint density at radius 1 is 1.17 bits per heavy atom. The van der Waals surface area contributed by atoms with Gasteiger partial charge in [0, 0.05) is 40.8 Å². The zero-order valence-electron chi connectivity index (χ0n) is 16.7. The molecule has 152 valence electrons. The van der Waals surface area contributed by atoms with E-state index in [1.54, 1.807) is 24.6 Å². The van der Waals surface area contributed by atoms with Crippen molar-refractivity contribution in [3.63, 3.8) is 0 Å². The highest BCUT2D eigenvalue weighted by atomic mass is 32.1. The van der Waals surface area contributed by atoms with Crippen LogP contribution in [0.15, 0.2) is 24.5 Å². The first-order valence-electron chi connectivity index (χ1n) is 10.5. The zero-order chi connectivity index (χ0) is 19.8. The smallest absolute Gasteiger partial charge is 0.159 e. The number of carbonyl (C=O) groups excluding carboxylic acids is 1. The topological polar surface area (TPSA) is 67.4 Å². The summed E-state index contributed by atoms with van der Waals surface area (Å²) in [5.74, 6) is 0.982. The van der Waals surface area contributed by atoms with Gasteiger partial charge in [-0.1, -0.05) is 0 Å². The van der Waals surface area contributed by atoms with Crippen LogP contribution in [0, 0.1) is 0 Å². The molecule has 0 spiro atoms. The van der Waals surface area contributed by atoms with Gasteiger partial charge in [-0.15, -0.1) is 11.3 Å². The molecule has 0 bridgehead atoms. The van der Waals surface area contributed by atoms with Crippen molar-refractivity contribution < 1.29 is 9.53 Å². The van der Waals surface area contributed by atoms with Crippen LogP contribution >= 0.6 is 11.3 Å². The van der Waals surface area contributed by atoms with Crippen molar-refractivity contribution in [2.45, 2.75) is 44.7 Å². The molecule has 2 fully saturated rings. The maximum absolute atomic E-state index is 11.9. The monoisotopic (exact) mass is 410 g/mol. The first kappa shape index (κ1) is 18.9. The fourth-order valence-electron chi connectivity index (χ4n) is 4.66. The van der Waals surface area contributed by atoms with Crippen molar-refractivity contribution in [1.29, 1.82) is 0 Å². The van der Waals surface area contributed by atoms with Crippen molar-refractivity contribution in [2.75, 3.05) is 31.6 Å². The Morgan fingerprint density at radius 3 is 2.72 bits per heavy atom. The molecule has 1 aliphatic carbocycles. The number of benzene rings is 1. The number of aromatic nitrogens is 2. The van der Waals surface area contributed by atoms with Gasteiger partial charge >= 0.3 is 0 Å². The van der Waals surface area contributed by atoms with Crippen LogP contribution in [0.2, 0.25) is 0 Å². The molecule has 1 saturated carbocycles. The molecule has 1 aliphatic heterocycles. The number of morpholine rings is 1. The fraction of sp³-hybridized carbons (Fsp3) is 0.500. The molecule has 0 unspecified atom stereocenters. The van der Waals surface area contributed by atoms with E-state index in [9.17, 15) is 4.79 Å². The molecule has 7 heteroatoms. The van der Waals surface area contributed by atoms with Crippen LogP contribution in [0.1, 0.15) is 43.0 Å². The largest absolute Gasteiger partial charge is 0.379 e. The van der Waals surface area contributed by atoms with Gasteiger partial charge < -0.3 is 10.1 Å². The number of hydrogen-bond donors (Lipinski definition) is 1. The van der Waals surface area contributed by atoms with E-state index in [4.69, 9.17) is 4.74 Å². The predicted molar refractivity (Wildman–Crippen MR) is 117 cm³/mol. The molecule has 0 atom stereocenters. The van der Waals surface area contributed by atoms with Gasteiger partial charge in [-0.25, -0.2) is 9.97 Å². The molecule has 2 aromatic heterocycles. The molecule has 3 aromatic rings. The summed E-state index contributed by atoms with van der Waals surface area (Å²) < 4.78 is 6.64. The number of nitrogens with zero attached hydrogens (tertiary/aromatic N) is 3. The highest BCUT2D eigenvalue weighted by Crippen LogP contribution is 2.37. The number of anilines is 1. The first-order chi connectivity index (χ1) is 14.2. The van der Waals surface area contributed by atoms with Crippen LogP contribution < -0.4 is 5.32 Å². The lowest BCUT2D eigenvalue weighted by Gasteiger charge is -2.39. The quantitative estimate of drug-likeness (QED) is 0.653. The van der Waals surface area contributed by atoms with E-state index in [0.717, 1.165) is 70.8 Å². The fourth-order valence-corrected chi connectivity index (χ4v) is 5.68. The molecule has 0 radical (unpaired) electrons. The van der Waals surface area contributed by atoms with Crippen LogP contribution in [0.25, 0.3) is 20.3 Å². The Balaban J connectivity index is 1.37. The average molecular weight is 411 g/mol. The van der Waals surface area contributed by atoms with Crippen LogP contribution in [0.4, 0.5) is 5.82 Å². The lowest BCUT2D eigenvalue weighted by atomic mass is 9.90. The van der Waals surface area contributed by atoms with Gasteiger partial charge in [0.05, 0.1) is 18.6 Å². The van der Waals surface area contributed by atoms with Crippen LogP contribution in [0.5, 0.6) is 0 Å². The van der Waals surface area contributed by atoms with Crippen molar-refractivity contribution >= 4 is 43.2 Å². The van der Waals surface area contributed by atoms with Gasteiger partial charge in [0.2, 0.25) is 0 Å². The van der Waals surface area contributed by atoms with Gasteiger partial charge in [0.1, 0.15) is 17.0 Å². The number of hydrogen-bond acceptors (Lipinski definition) is 7. The Kier molecular flexibility index (Phi) is 5.20. The maximum atomic E-state index is 11.9. The summed E-state index contributed by atoms with van der Waals surface area (Å²) in [7, 11) is 0. The van der Waals surface area contributed by atoms with Gasteiger partial charge in [0.15, 0.2) is 5.78 Å². The summed E-state index contributed by atoms with van der Waals surface area (Å²) in [4.78, 5) is 24.5. The molecular formula is C22H26N4O2S. The van der Waals surface area contributed by atoms with Gasteiger partial charge in [0.25, 0.3) is 0 Å². The maximum Gasteiger partial charge on any atom is 0.159 e. The van der Waals surface area contributed by atoms with Crippen LogP contribution in [0.3, 0.4) is 0 Å². The minimum absolute atomic E-state index is 0.0824. The Bertz CT molecular complexity index is 1040. The SMILES string of the molecule is CC(=O)c1ccc2sc3ncnc(NC4CCC(N5CCOCC5)CC4)c3c2c1. The minimum atomic E-state index is 0.0824. The second-order valence-corrected chi connectivity index (χ2v) is 9.10. The molecule has 3 heterocycles. The highest BCUT2D eigenvalue weighted by Gasteiger charge is 2.27. The summed E-state index contributed by atoms with van der Waals surface area (Å²) in [6.07, 6.45) is 6.36. The average Bonchev–Trinajstić information content (AvgIpc) is 3.13. The lowest BCUT2D eigenvalue weighted by molar-refractivity contribution is 0.00791. The third-order valence-electron chi connectivity index (χ3n) is 6.27. The number of ketones is 1. The summed E-state index contributed by atoms with van der Waals surface area (Å²) in [5, 5.41) is 5.82. The Labute approximate surface area is 174 Å². The molecule has 2 aliphatic rings. The normalized spacial score (nSPS) is 23.5. The third-order valence-corrected chi connectivity index (χ3v) is 7.35. The molecular weight excluding hydrogens is 384 g/mol. The van der Waals surface area contributed by atoms with E-state index in [0.29, 0.717) is 12.1 Å². The van der Waals surface area contributed by atoms with E-state index >= 15 is 0 Å². The summed E-state index contributed by atoms with van der Waals surface area (Å²) in [6, 6.07) is 7.02. The molecule has 6 nitrogen and oxygen atoms in total. The van der Waals surface area contributed by atoms with Gasteiger partial charge in [-0.2, -0.15) is 0 Å². The molecule has 5 rings (SSSR count). The van der Waals surface area contributed by atoms with E-state index in [2.05, 4.69) is 20.2 Å². The van der Waals surface area contributed by atoms with E-state index < -0.39 is 0 Å². The molecule has 1 N–H and O–H groups in total. The van der Waals surface area contributed by atoms with E-state index in [1.165, 1.54) is 12.8 Å². The van der Waals surface area contributed by atoms with Crippen molar-refractivity contribution in [1.82, 2.24) is 14.9 Å². The Hall–Kier alpha value is -2.09. The first-order valence-corrected chi connectivity index (χ1v) is 11.3. The van der Waals surface area contributed by atoms with Gasteiger partial charge in [-0.05, 0) is 50.8 Å². The summed E-state index contributed by atoms with van der Waals surface area (Å²) >= 11 is 1.66. The zero-order valence-corrected chi connectivity index (χ0v) is 17.5. The molecule has 0 amide bonds. The molecule has 29 heavy (non-hydrogen) atoms. The van der Waals surface area contributed by atoms with E-state index in [1.807, 2.05) is 18.2 Å².